The van der Waals surface area contributed by atoms with E-state index in [4.69, 9.17) is 0 Å². The molecule has 2 aromatic rings. The minimum Gasteiger partial charge on any atom is -0.511 e. The molecule has 0 bridgehead atoms. The molecule has 0 saturated carbocycles. The summed E-state index contributed by atoms with van der Waals surface area (Å²) in [5.74, 6) is -7.43. The van der Waals surface area contributed by atoms with Crippen LogP contribution >= 0.6 is 0 Å². The Morgan fingerprint density at radius 1 is 1.19 bits per heavy atom. The van der Waals surface area contributed by atoms with Gasteiger partial charge in [0.05, 0.1) is 23.8 Å². The van der Waals surface area contributed by atoms with Crippen LogP contribution in [-0.2, 0) is 23.1 Å². The van der Waals surface area contributed by atoms with E-state index in [1.54, 1.807) is 43.0 Å². The van der Waals surface area contributed by atoms with Crippen molar-refractivity contribution in [1.82, 2.24) is 9.55 Å². The molecule has 0 aliphatic heterocycles. The first-order valence-corrected chi connectivity index (χ1v) is 11.3. The van der Waals surface area contributed by atoms with Crippen molar-refractivity contribution >= 4 is 23.2 Å². The van der Waals surface area contributed by atoms with Crippen molar-refractivity contribution in [3.05, 3.63) is 52.4 Å². The van der Waals surface area contributed by atoms with Crippen LogP contribution in [0.2, 0.25) is 0 Å². The summed E-state index contributed by atoms with van der Waals surface area (Å²) in [6.07, 6.45) is 2.99. The largest absolute Gasteiger partial charge is 0.511 e. The SMILES string of the molecule is CN(C)c1cc(-c2cncn2C)c(O)c2c1C[C@H]1C[C@H]3CC(O)=C(C(=O)O)C(=O)[C@@]3(O)C(O)=C1C2=O. The zero-order valence-corrected chi connectivity index (χ0v) is 19.8. The lowest BCUT2D eigenvalue weighted by molar-refractivity contribution is -0.147. The van der Waals surface area contributed by atoms with Gasteiger partial charge in [0, 0.05) is 50.3 Å². The van der Waals surface area contributed by atoms with Crippen molar-refractivity contribution in [3.63, 3.8) is 0 Å². The maximum absolute atomic E-state index is 13.8. The number of aromatic nitrogens is 2. The predicted octanol–water partition coefficient (Wildman–Crippen LogP) is 1.65. The van der Waals surface area contributed by atoms with Gasteiger partial charge < -0.3 is 35.0 Å². The van der Waals surface area contributed by atoms with Crippen LogP contribution < -0.4 is 4.90 Å². The number of Topliss-reactive ketones (excluding diaryl/α,β-unsaturated/α-hetero) is 2. The number of ketones is 2. The van der Waals surface area contributed by atoms with E-state index in [2.05, 4.69) is 4.98 Å². The van der Waals surface area contributed by atoms with Crippen molar-refractivity contribution in [3.8, 4) is 17.0 Å². The molecule has 0 unspecified atom stereocenters. The van der Waals surface area contributed by atoms with Crippen LogP contribution in [0.5, 0.6) is 5.75 Å². The first kappa shape index (κ1) is 23.6. The monoisotopic (exact) mass is 495 g/mol. The molecule has 1 aromatic carbocycles. The number of carbonyl (C=O) groups excluding carboxylic acids is 2. The van der Waals surface area contributed by atoms with Crippen molar-refractivity contribution in [2.45, 2.75) is 24.9 Å². The lowest BCUT2D eigenvalue weighted by atomic mass is 9.60. The molecule has 188 valence electrons. The van der Waals surface area contributed by atoms with Crippen molar-refractivity contribution < 1.29 is 39.9 Å². The fourth-order valence-corrected chi connectivity index (χ4v) is 5.84. The molecule has 0 saturated heterocycles. The third kappa shape index (κ3) is 2.95. The van der Waals surface area contributed by atoms with Crippen LogP contribution in [0.3, 0.4) is 0 Å². The summed E-state index contributed by atoms with van der Waals surface area (Å²) >= 11 is 0. The summed E-state index contributed by atoms with van der Waals surface area (Å²) in [4.78, 5) is 44.3. The van der Waals surface area contributed by atoms with E-state index in [9.17, 15) is 39.9 Å². The summed E-state index contributed by atoms with van der Waals surface area (Å²) in [6.45, 7) is 0. The average molecular weight is 495 g/mol. The molecule has 11 heteroatoms. The maximum atomic E-state index is 13.8. The molecular weight excluding hydrogens is 470 g/mol. The van der Waals surface area contributed by atoms with E-state index in [1.807, 2.05) is 0 Å². The van der Waals surface area contributed by atoms with E-state index >= 15 is 0 Å². The lowest BCUT2D eigenvalue weighted by Crippen LogP contribution is -2.56. The molecule has 0 spiro atoms. The Balaban J connectivity index is 1.74. The Labute approximate surface area is 205 Å². The van der Waals surface area contributed by atoms with E-state index in [1.165, 1.54) is 6.20 Å². The Morgan fingerprint density at radius 2 is 1.89 bits per heavy atom. The number of carbonyl (C=O) groups is 3. The molecule has 11 nitrogen and oxygen atoms in total. The molecule has 3 aliphatic carbocycles. The van der Waals surface area contributed by atoms with Gasteiger partial charge in [-0.15, -0.1) is 0 Å². The van der Waals surface area contributed by atoms with Gasteiger partial charge in [0.25, 0.3) is 0 Å². The number of nitrogens with zero attached hydrogens (tertiary/aromatic N) is 3. The topological polar surface area (TPSA) is 173 Å². The van der Waals surface area contributed by atoms with Gasteiger partial charge >= 0.3 is 5.97 Å². The van der Waals surface area contributed by atoms with E-state index in [-0.39, 0.29) is 36.1 Å². The summed E-state index contributed by atoms with van der Waals surface area (Å²) in [5, 5.41) is 53.3. The number of fused-ring (bicyclic) bond motifs is 3. The van der Waals surface area contributed by atoms with Gasteiger partial charge in [-0.1, -0.05) is 0 Å². The Hall–Kier alpha value is -4.12. The fraction of sp³-hybridized carbons (Fsp3) is 0.360. The smallest absolute Gasteiger partial charge is 0.342 e. The number of anilines is 1. The Morgan fingerprint density at radius 3 is 2.47 bits per heavy atom. The molecule has 3 atom stereocenters. The van der Waals surface area contributed by atoms with Crippen molar-refractivity contribution in [2.24, 2.45) is 18.9 Å². The number of rotatable bonds is 3. The van der Waals surface area contributed by atoms with Crippen LogP contribution in [0.4, 0.5) is 5.69 Å². The highest BCUT2D eigenvalue weighted by Crippen LogP contribution is 2.53. The summed E-state index contributed by atoms with van der Waals surface area (Å²) in [5.41, 5.74) is -1.87. The van der Waals surface area contributed by atoms with Gasteiger partial charge in [-0.25, -0.2) is 9.78 Å². The highest BCUT2D eigenvalue weighted by atomic mass is 16.4. The molecular formula is C25H25N3O8. The third-order valence-corrected chi connectivity index (χ3v) is 7.58. The van der Waals surface area contributed by atoms with Gasteiger partial charge in [0.2, 0.25) is 5.78 Å². The zero-order valence-electron chi connectivity index (χ0n) is 19.8. The van der Waals surface area contributed by atoms with E-state index in [0.717, 1.165) is 0 Å². The van der Waals surface area contributed by atoms with Crippen LogP contribution in [0.15, 0.2) is 41.3 Å². The molecule has 5 rings (SSSR count). The number of carboxylic acids is 1. The minimum atomic E-state index is -2.67. The average Bonchev–Trinajstić information content (AvgIpc) is 3.21. The molecule has 0 fully saturated rings. The molecule has 0 radical (unpaired) electrons. The number of phenolic OH excluding ortho intramolecular Hbond substituents is 1. The number of hydrogen-bond donors (Lipinski definition) is 5. The predicted molar refractivity (Wildman–Crippen MR) is 126 cm³/mol. The number of aliphatic hydroxyl groups excluding tert-OH is 2. The van der Waals surface area contributed by atoms with Gasteiger partial charge in [-0.3, -0.25) is 9.59 Å². The Bertz CT molecular complexity index is 1430. The number of phenols is 1. The quantitative estimate of drug-likeness (QED) is 0.394. The number of aryl methyl sites for hydroxylation is 1. The summed E-state index contributed by atoms with van der Waals surface area (Å²) in [7, 11) is 5.32. The van der Waals surface area contributed by atoms with E-state index < -0.39 is 52.1 Å². The van der Waals surface area contributed by atoms with E-state index in [0.29, 0.717) is 22.5 Å². The number of aromatic hydroxyl groups is 1. The molecule has 3 aliphatic rings. The van der Waals surface area contributed by atoms with Crippen molar-refractivity contribution in [2.75, 3.05) is 19.0 Å². The highest BCUT2D eigenvalue weighted by molar-refractivity contribution is 6.23. The van der Waals surface area contributed by atoms with Gasteiger partial charge in [-0.05, 0) is 30.4 Å². The third-order valence-electron chi connectivity index (χ3n) is 7.58. The number of carboxylic acid groups (broad SMARTS) is 1. The molecule has 0 amide bonds. The first-order chi connectivity index (χ1) is 16.9. The highest BCUT2D eigenvalue weighted by Gasteiger charge is 2.60. The maximum Gasteiger partial charge on any atom is 0.342 e. The second kappa shape index (κ2) is 7.69. The van der Waals surface area contributed by atoms with Gasteiger partial charge in [0.1, 0.15) is 22.8 Å². The lowest BCUT2D eigenvalue weighted by Gasteiger charge is -2.45. The minimum absolute atomic E-state index is 0.0425. The van der Waals surface area contributed by atoms with Gasteiger partial charge in [0.15, 0.2) is 11.4 Å². The zero-order chi connectivity index (χ0) is 26.3. The first-order valence-electron chi connectivity index (χ1n) is 11.3. The number of imidazole rings is 1. The standard InChI is InChI=1S/C25H25N3O8/c1-27(2)14-7-13(15-8-26-9-28(15)3)20(30)18-12(14)5-10-4-11-6-16(29)19(24(34)35)23(33)25(11,36)22(32)17(10)21(18)31/h7-11,29-30,32,36H,4-6H2,1-3H3,(H,34,35)/t10-,11+,25+/m1/s1. The van der Waals surface area contributed by atoms with Gasteiger partial charge in [-0.2, -0.15) is 0 Å². The fourth-order valence-electron chi connectivity index (χ4n) is 5.84. The Kier molecular flexibility index (Phi) is 5.04. The number of aliphatic carboxylic acids is 1. The van der Waals surface area contributed by atoms with Crippen LogP contribution in [0, 0.1) is 11.8 Å². The molecule has 1 aromatic heterocycles. The summed E-state index contributed by atoms with van der Waals surface area (Å²) in [6, 6.07) is 1.75. The normalized spacial score (nSPS) is 25.4. The second-order valence-electron chi connectivity index (χ2n) is 9.78. The van der Waals surface area contributed by atoms with Crippen LogP contribution in [0.25, 0.3) is 11.3 Å². The molecule has 36 heavy (non-hydrogen) atoms. The number of benzene rings is 1. The molecule has 1 heterocycles. The number of allylic oxidation sites excluding steroid dienone is 2. The molecule has 5 N–H and O–H groups in total. The van der Waals surface area contributed by atoms with Crippen LogP contribution in [-0.4, -0.2) is 72.3 Å². The van der Waals surface area contributed by atoms with Crippen LogP contribution in [0.1, 0.15) is 28.8 Å². The second-order valence-corrected chi connectivity index (χ2v) is 9.78. The summed E-state index contributed by atoms with van der Waals surface area (Å²) < 4.78 is 1.68. The van der Waals surface area contributed by atoms with Crippen molar-refractivity contribution in [1.29, 1.82) is 0 Å². The number of aliphatic hydroxyl groups is 3. The number of hydrogen-bond acceptors (Lipinski definition) is 9.